The molecule has 2 heteroatoms. The third kappa shape index (κ3) is 3.20. The average molecular weight is 188 g/mol. The van der Waals surface area contributed by atoms with Gasteiger partial charge >= 0.3 is 0 Å². The Kier molecular flexibility index (Phi) is 4.15. The third-order valence-electron chi connectivity index (χ3n) is 2.16. The van der Waals surface area contributed by atoms with Crippen molar-refractivity contribution in [3.8, 4) is 12.3 Å². The van der Waals surface area contributed by atoms with Crippen molar-refractivity contribution in [1.29, 1.82) is 0 Å². The molecule has 0 aliphatic heterocycles. The second-order valence-electron chi connectivity index (χ2n) is 3.50. The van der Waals surface area contributed by atoms with Crippen LogP contribution in [0.2, 0.25) is 0 Å². The third-order valence-corrected chi connectivity index (χ3v) is 2.16. The lowest BCUT2D eigenvalue weighted by Gasteiger charge is -2.10. The first-order valence-corrected chi connectivity index (χ1v) is 4.84. The topological polar surface area (TPSA) is 38.9 Å². The molecule has 74 valence electrons. The number of rotatable bonds is 4. The normalized spacial score (nSPS) is 12.1. The van der Waals surface area contributed by atoms with Gasteiger partial charge in [0.25, 0.3) is 0 Å². The highest BCUT2D eigenvalue weighted by molar-refractivity contribution is 5.19. The SMILES string of the molecule is C#CCCCC(N)c1cncc(C)c1. The van der Waals surface area contributed by atoms with Gasteiger partial charge in [-0.15, -0.1) is 12.3 Å². The summed E-state index contributed by atoms with van der Waals surface area (Å²) in [5, 5.41) is 0. The molecule has 0 saturated heterocycles. The zero-order valence-electron chi connectivity index (χ0n) is 8.53. The van der Waals surface area contributed by atoms with Crippen LogP contribution in [0.5, 0.6) is 0 Å². The zero-order valence-corrected chi connectivity index (χ0v) is 8.53. The molecule has 14 heavy (non-hydrogen) atoms. The van der Waals surface area contributed by atoms with Crippen molar-refractivity contribution in [2.24, 2.45) is 5.73 Å². The first-order valence-electron chi connectivity index (χ1n) is 4.84. The van der Waals surface area contributed by atoms with E-state index < -0.39 is 0 Å². The van der Waals surface area contributed by atoms with Gasteiger partial charge in [-0.1, -0.05) is 6.07 Å². The Hall–Kier alpha value is -1.33. The lowest BCUT2D eigenvalue weighted by atomic mass is 10.0. The quantitative estimate of drug-likeness (QED) is 0.581. The van der Waals surface area contributed by atoms with Gasteiger partial charge in [-0.3, -0.25) is 4.98 Å². The van der Waals surface area contributed by atoms with Gasteiger partial charge in [-0.05, 0) is 30.9 Å². The largest absolute Gasteiger partial charge is 0.324 e. The Morgan fingerprint density at radius 2 is 2.36 bits per heavy atom. The van der Waals surface area contributed by atoms with Crippen molar-refractivity contribution in [1.82, 2.24) is 4.98 Å². The van der Waals surface area contributed by atoms with Crippen LogP contribution in [-0.2, 0) is 0 Å². The van der Waals surface area contributed by atoms with Crippen LogP contribution >= 0.6 is 0 Å². The Bertz CT molecular complexity index is 325. The molecule has 0 amide bonds. The summed E-state index contributed by atoms with van der Waals surface area (Å²) in [6.45, 7) is 2.02. The molecule has 1 unspecified atom stereocenters. The summed E-state index contributed by atoms with van der Waals surface area (Å²) in [6.07, 6.45) is 11.5. The first-order chi connectivity index (χ1) is 6.74. The molecule has 2 nitrogen and oxygen atoms in total. The standard InChI is InChI=1S/C12H16N2/c1-3-4-5-6-12(13)11-7-10(2)8-14-9-11/h1,7-9,12H,4-6,13H2,2H3. The van der Waals surface area contributed by atoms with Crippen LogP contribution in [-0.4, -0.2) is 4.98 Å². The molecule has 1 heterocycles. The number of hydrogen-bond acceptors (Lipinski definition) is 2. The minimum absolute atomic E-state index is 0.0655. The molecule has 0 radical (unpaired) electrons. The molecule has 0 aliphatic carbocycles. The van der Waals surface area contributed by atoms with Gasteiger partial charge < -0.3 is 5.73 Å². The Labute approximate surface area is 85.5 Å². The van der Waals surface area contributed by atoms with E-state index in [1.54, 1.807) is 0 Å². The van der Waals surface area contributed by atoms with Crippen LogP contribution in [0, 0.1) is 19.3 Å². The molecule has 0 saturated carbocycles. The molecule has 0 aromatic carbocycles. The molecule has 0 aliphatic rings. The molecule has 0 bridgehead atoms. The highest BCUT2D eigenvalue weighted by Gasteiger charge is 2.05. The van der Waals surface area contributed by atoms with Gasteiger partial charge in [0.15, 0.2) is 0 Å². The van der Waals surface area contributed by atoms with E-state index >= 15 is 0 Å². The molecule has 1 rings (SSSR count). The van der Waals surface area contributed by atoms with Gasteiger partial charge in [-0.25, -0.2) is 0 Å². The van der Waals surface area contributed by atoms with E-state index in [2.05, 4.69) is 17.0 Å². The number of terminal acetylenes is 1. The van der Waals surface area contributed by atoms with Crippen LogP contribution in [0.1, 0.15) is 36.4 Å². The van der Waals surface area contributed by atoms with E-state index in [1.807, 2.05) is 19.3 Å². The fraction of sp³-hybridized carbons (Fsp3) is 0.417. The molecule has 1 atom stereocenters. The minimum Gasteiger partial charge on any atom is -0.324 e. The van der Waals surface area contributed by atoms with E-state index in [9.17, 15) is 0 Å². The van der Waals surface area contributed by atoms with Crippen molar-refractivity contribution in [3.63, 3.8) is 0 Å². The molecular weight excluding hydrogens is 172 g/mol. The fourth-order valence-electron chi connectivity index (χ4n) is 1.37. The molecule has 2 N–H and O–H groups in total. The maximum atomic E-state index is 6.00. The van der Waals surface area contributed by atoms with Crippen LogP contribution in [0.25, 0.3) is 0 Å². The molecule has 0 spiro atoms. The monoisotopic (exact) mass is 188 g/mol. The Morgan fingerprint density at radius 3 is 3.00 bits per heavy atom. The van der Waals surface area contributed by atoms with E-state index in [0.29, 0.717) is 0 Å². The predicted octanol–water partition coefficient (Wildman–Crippen LogP) is 2.19. The van der Waals surface area contributed by atoms with Gasteiger partial charge in [0.2, 0.25) is 0 Å². The number of hydrogen-bond donors (Lipinski definition) is 1. The van der Waals surface area contributed by atoms with Crippen molar-refractivity contribution in [2.75, 3.05) is 0 Å². The van der Waals surface area contributed by atoms with Crippen molar-refractivity contribution >= 4 is 0 Å². The number of nitrogens with zero attached hydrogens (tertiary/aromatic N) is 1. The summed E-state index contributed by atoms with van der Waals surface area (Å²) in [6, 6.07) is 2.14. The lowest BCUT2D eigenvalue weighted by Crippen LogP contribution is -2.10. The lowest BCUT2D eigenvalue weighted by molar-refractivity contribution is 0.618. The summed E-state index contributed by atoms with van der Waals surface area (Å²) in [5.74, 6) is 2.61. The summed E-state index contributed by atoms with van der Waals surface area (Å²) in [4.78, 5) is 4.11. The Morgan fingerprint density at radius 1 is 1.57 bits per heavy atom. The van der Waals surface area contributed by atoms with Crippen LogP contribution in [0.15, 0.2) is 18.5 Å². The molecule has 1 aromatic heterocycles. The summed E-state index contributed by atoms with van der Waals surface area (Å²) < 4.78 is 0. The maximum absolute atomic E-state index is 6.00. The van der Waals surface area contributed by atoms with Crippen molar-refractivity contribution in [3.05, 3.63) is 29.6 Å². The van der Waals surface area contributed by atoms with Crippen LogP contribution in [0.3, 0.4) is 0 Å². The highest BCUT2D eigenvalue weighted by atomic mass is 14.7. The van der Waals surface area contributed by atoms with Crippen molar-refractivity contribution in [2.45, 2.75) is 32.2 Å². The molecule has 0 fully saturated rings. The van der Waals surface area contributed by atoms with Crippen LogP contribution in [0.4, 0.5) is 0 Å². The number of nitrogens with two attached hydrogens (primary N) is 1. The average Bonchev–Trinajstić information content (AvgIpc) is 2.18. The van der Waals surface area contributed by atoms with Gasteiger partial charge in [-0.2, -0.15) is 0 Å². The minimum atomic E-state index is 0.0655. The number of aryl methyl sites for hydroxylation is 1. The second-order valence-corrected chi connectivity index (χ2v) is 3.50. The first kappa shape index (κ1) is 10.7. The summed E-state index contributed by atoms with van der Waals surface area (Å²) in [5.41, 5.74) is 8.24. The zero-order chi connectivity index (χ0) is 10.4. The summed E-state index contributed by atoms with van der Waals surface area (Å²) >= 11 is 0. The molecule has 1 aromatic rings. The van der Waals surface area contributed by atoms with E-state index in [-0.39, 0.29) is 6.04 Å². The van der Waals surface area contributed by atoms with E-state index in [0.717, 1.165) is 30.4 Å². The number of pyridine rings is 1. The van der Waals surface area contributed by atoms with E-state index in [4.69, 9.17) is 12.2 Å². The highest BCUT2D eigenvalue weighted by Crippen LogP contribution is 2.16. The smallest absolute Gasteiger partial charge is 0.0315 e. The van der Waals surface area contributed by atoms with E-state index in [1.165, 1.54) is 0 Å². The van der Waals surface area contributed by atoms with Crippen molar-refractivity contribution < 1.29 is 0 Å². The van der Waals surface area contributed by atoms with Gasteiger partial charge in [0.1, 0.15) is 0 Å². The van der Waals surface area contributed by atoms with Gasteiger partial charge in [0, 0.05) is 24.9 Å². The Balaban J connectivity index is 2.52. The number of aromatic nitrogens is 1. The maximum Gasteiger partial charge on any atom is 0.0315 e. The van der Waals surface area contributed by atoms with Crippen LogP contribution < -0.4 is 5.73 Å². The molecular formula is C12H16N2. The summed E-state index contributed by atoms with van der Waals surface area (Å²) in [7, 11) is 0. The second kappa shape index (κ2) is 5.41. The van der Waals surface area contributed by atoms with Gasteiger partial charge in [0.05, 0.1) is 0 Å². The fourth-order valence-corrected chi connectivity index (χ4v) is 1.37. The number of unbranched alkanes of at least 4 members (excludes halogenated alkanes) is 1. The predicted molar refractivity (Wildman–Crippen MR) is 58.6 cm³/mol.